The van der Waals surface area contributed by atoms with E-state index in [1.165, 1.54) is 18.9 Å². The van der Waals surface area contributed by atoms with Crippen LogP contribution in [0.25, 0.3) is 38.9 Å². The fraction of sp³-hybridized carbons (Fsp3) is 0.286. The van der Waals surface area contributed by atoms with Gasteiger partial charge in [-0.3, -0.25) is 19.1 Å². The van der Waals surface area contributed by atoms with Crippen molar-refractivity contribution >= 4 is 57.0 Å². The van der Waals surface area contributed by atoms with E-state index >= 15 is 0 Å². The van der Waals surface area contributed by atoms with E-state index < -0.39 is 0 Å². The van der Waals surface area contributed by atoms with Crippen LogP contribution in [-0.4, -0.2) is 78.7 Å². The van der Waals surface area contributed by atoms with Crippen molar-refractivity contribution in [2.75, 3.05) is 58.2 Å². The molecule has 3 aromatic heterocycles. The third-order valence-electron chi connectivity index (χ3n) is 9.40. The van der Waals surface area contributed by atoms with E-state index in [1.54, 1.807) is 39.8 Å². The van der Waals surface area contributed by atoms with Crippen LogP contribution in [0.3, 0.4) is 0 Å². The van der Waals surface area contributed by atoms with Crippen molar-refractivity contribution in [2.24, 2.45) is 0 Å². The Kier molecular flexibility index (Phi) is 7.90. The molecule has 5 aromatic rings. The highest BCUT2D eigenvalue weighted by Gasteiger charge is 2.49. The van der Waals surface area contributed by atoms with Gasteiger partial charge in [-0.15, -0.1) is 0 Å². The average molecular weight is 674 g/mol. The van der Waals surface area contributed by atoms with Crippen molar-refractivity contribution in [3.63, 3.8) is 0 Å². The zero-order valence-electron chi connectivity index (χ0n) is 26.6. The molecule has 1 amide bonds. The number of pyridine rings is 2. The largest absolute Gasteiger partial charge is 0.496 e. The molecule has 2 aliphatic rings. The van der Waals surface area contributed by atoms with Gasteiger partial charge in [-0.2, -0.15) is 0 Å². The second-order valence-corrected chi connectivity index (χ2v) is 12.7. The van der Waals surface area contributed by atoms with Gasteiger partial charge >= 0.3 is 0 Å². The van der Waals surface area contributed by atoms with E-state index in [4.69, 9.17) is 42.4 Å². The molecule has 1 aliphatic heterocycles. The van der Waals surface area contributed by atoms with Crippen LogP contribution in [-0.2, 0) is 4.79 Å². The number of benzene rings is 2. The molecule has 7 rings (SSSR count). The maximum atomic E-state index is 12.6. The number of aromatic nitrogens is 3. The molecular weight excluding hydrogens is 639 g/mol. The molecule has 1 saturated carbocycles. The SMILES string of the molecule is C=CC(=O)Nc1cc(-c2cc3c(cn2)cc(-c2c(Cl)c(OC)cc(OC)c2Cl)c2nccn23)c(OC)cc1N1CCN(C)C2(CC2)C1. The Morgan fingerprint density at radius 2 is 1.68 bits per heavy atom. The minimum absolute atomic E-state index is 0.184. The second-order valence-electron chi connectivity index (χ2n) is 11.9. The predicted molar refractivity (Wildman–Crippen MR) is 187 cm³/mol. The number of likely N-dealkylation sites (N-methyl/N-ethyl adjacent to an activating group) is 1. The van der Waals surface area contributed by atoms with Crippen molar-refractivity contribution in [1.29, 1.82) is 0 Å². The molecule has 47 heavy (non-hydrogen) atoms. The lowest BCUT2D eigenvalue weighted by molar-refractivity contribution is -0.111. The summed E-state index contributed by atoms with van der Waals surface area (Å²) in [6, 6.07) is 9.52. The Morgan fingerprint density at radius 1 is 0.957 bits per heavy atom. The van der Waals surface area contributed by atoms with Crippen LogP contribution in [0.15, 0.2) is 61.6 Å². The minimum Gasteiger partial charge on any atom is -0.496 e. The number of piperazine rings is 1. The Hall–Kier alpha value is -4.51. The number of anilines is 2. The Morgan fingerprint density at radius 3 is 2.34 bits per heavy atom. The first-order valence-corrected chi connectivity index (χ1v) is 16.0. The first-order valence-electron chi connectivity index (χ1n) is 15.2. The highest BCUT2D eigenvalue weighted by atomic mass is 35.5. The van der Waals surface area contributed by atoms with Gasteiger partial charge in [0, 0.05) is 78.0 Å². The third kappa shape index (κ3) is 5.21. The summed E-state index contributed by atoms with van der Waals surface area (Å²) in [6.45, 7) is 6.32. The molecule has 242 valence electrons. The standard InChI is InChI=1S/C35H34Cl2N6O4/c1-6-30(44)40-24-14-21(27(45-3)16-26(24)42-12-11-41(2)35(19-42)7-8-35)23-15-25-20(18-39-23)13-22(34-38-9-10-43(25)34)31-32(36)28(46-4)17-29(47-5)33(31)37/h6,9-10,13-18H,1,7-8,11-12,19H2,2-5H3,(H,40,44). The molecule has 1 N–H and O–H groups in total. The zero-order valence-corrected chi connectivity index (χ0v) is 28.1. The molecule has 1 aliphatic carbocycles. The van der Waals surface area contributed by atoms with Gasteiger partial charge in [-0.1, -0.05) is 29.8 Å². The molecule has 10 nitrogen and oxygen atoms in total. The van der Waals surface area contributed by atoms with Crippen molar-refractivity contribution in [2.45, 2.75) is 18.4 Å². The monoisotopic (exact) mass is 672 g/mol. The molecule has 2 aromatic carbocycles. The van der Waals surface area contributed by atoms with E-state index in [0.29, 0.717) is 55.4 Å². The lowest BCUT2D eigenvalue weighted by atomic mass is 10.0. The van der Waals surface area contributed by atoms with E-state index in [9.17, 15) is 4.79 Å². The number of amides is 1. The summed E-state index contributed by atoms with van der Waals surface area (Å²) in [5.74, 6) is 1.22. The van der Waals surface area contributed by atoms with Gasteiger partial charge < -0.3 is 24.4 Å². The number of ether oxygens (including phenoxy) is 3. The van der Waals surface area contributed by atoms with Gasteiger partial charge in [-0.25, -0.2) is 4.98 Å². The number of nitrogens with one attached hydrogen (secondary N) is 1. The molecule has 0 unspecified atom stereocenters. The number of carbonyl (C=O) groups excluding carboxylic acids is 1. The van der Waals surface area contributed by atoms with Gasteiger partial charge in [0.25, 0.3) is 0 Å². The Bertz CT molecular complexity index is 2050. The van der Waals surface area contributed by atoms with Crippen molar-refractivity contribution in [3.8, 4) is 39.6 Å². The predicted octanol–water partition coefficient (Wildman–Crippen LogP) is 6.96. The van der Waals surface area contributed by atoms with Crippen LogP contribution in [0.1, 0.15) is 12.8 Å². The molecule has 2 fully saturated rings. The van der Waals surface area contributed by atoms with Crippen LogP contribution >= 0.6 is 23.2 Å². The summed E-state index contributed by atoms with van der Waals surface area (Å²) in [7, 11) is 6.92. The fourth-order valence-electron chi connectivity index (χ4n) is 6.58. The number of methoxy groups -OCH3 is 3. The zero-order chi connectivity index (χ0) is 33.0. The average Bonchev–Trinajstić information content (AvgIpc) is 3.68. The lowest BCUT2D eigenvalue weighted by Crippen LogP contribution is -2.53. The Balaban J connectivity index is 1.37. The maximum Gasteiger partial charge on any atom is 0.247 e. The van der Waals surface area contributed by atoms with E-state index in [-0.39, 0.29) is 11.4 Å². The van der Waals surface area contributed by atoms with Gasteiger partial charge in [0.2, 0.25) is 5.91 Å². The number of hydrogen-bond donors (Lipinski definition) is 1. The van der Waals surface area contributed by atoms with Gasteiger partial charge in [0.05, 0.1) is 54.0 Å². The first-order chi connectivity index (χ1) is 22.7. The van der Waals surface area contributed by atoms with Gasteiger partial charge in [0.15, 0.2) is 0 Å². The van der Waals surface area contributed by atoms with Crippen molar-refractivity contribution in [3.05, 3.63) is 71.6 Å². The highest BCUT2D eigenvalue weighted by Crippen LogP contribution is 2.49. The highest BCUT2D eigenvalue weighted by molar-refractivity contribution is 6.41. The summed E-state index contributed by atoms with van der Waals surface area (Å²) >= 11 is 13.6. The van der Waals surface area contributed by atoms with Crippen molar-refractivity contribution in [1.82, 2.24) is 19.3 Å². The first kappa shape index (κ1) is 31.1. The molecular formula is C35H34Cl2N6O4. The summed E-state index contributed by atoms with van der Waals surface area (Å²) in [4.78, 5) is 27.0. The van der Waals surface area contributed by atoms with E-state index in [2.05, 4.69) is 33.7 Å². The summed E-state index contributed by atoms with van der Waals surface area (Å²) in [5, 5.41) is 4.56. The van der Waals surface area contributed by atoms with Crippen LogP contribution < -0.4 is 24.4 Å². The van der Waals surface area contributed by atoms with Crippen LogP contribution in [0.2, 0.25) is 10.0 Å². The van der Waals surface area contributed by atoms with Crippen LogP contribution in [0, 0.1) is 0 Å². The number of halogens is 2. The molecule has 1 spiro atoms. The summed E-state index contributed by atoms with van der Waals surface area (Å²) in [5.41, 5.74) is 5.89. The molecule has 0 atom stereocenters. The van der Waals surface area contributed by atoms with Crippen LogP contribution in [0.4, 0.5) is 11.4 Å². The van der Waals surface area contributed by atoms with Gasteiger partial charge in [-0.05, 0) is 44.2 Å². The van der Waals surface area contributed by atoms with E-state index in [1.807, 2.05) is 34.9 Å². The maximum absolute atomic E-state index is 12.6. The Labute approximate surface area is 282 Å². The van der Waals surface area contributed by atoms with Crippen LogP contribution in [0.5, 0.6) is 17.2 Å². The fourth-order valence-corrected chi connectivity index (χ4v) is 7.29. The lowest BCUT2D eigenvalue weighted by Gasteiger charge is -2.42. The second kappa shape index (κ2) is 11.9. The number of rotatable bonds is 8. The number of hydrogen-bond acceptors (Lipinski definition) is 8. The van der Waals surface area contributed by atoms with E-state index in [0.717, 1.165) is 41.8 Å². The molecule has 1 saturated heterocycles. The number of nitrogens with zero attached hydrogens (tertiary/aromatic N) is 5. The summed E-state index contributed by atoms with van der Waals surface area (Å²) < 4.78 is 19.0. The minimum atomic E-state index is -0.289. The molecule has 0 radical (unpaired) electrons. The van der Waals surface area contributed by atoms with Gasteiger partial charge in [0.1, 0.15) is 22.9 Å². The summed E-state index contributed by atoms with van der Waals surface area (Å²) in [6.07, 6.45) is 9.00. The number of fused-ring (bicyclic) bond motifs is 3. The van der Waals surface area contributed by atoms with Crippen molar-refractivity contribution < 1.29 is 19.0 Å². The molecule has 12 heteroatoms. The normalized spacial score (nSPS) is 15.7. The molecule has 0 bridgehead atoms. The third-order valence-corrected chi connectivity index (χ3v) is 10.2. The smallest absolute Gasteiger partial charge is 0.247 e. The topological polar surface area (TPSA) is 93.5 Å². The number of imidazole rings is 1. The molecule has 4 heterocycles. The quantitative estimate of drug-likeness (QED) is 0.177. The number of carbonyl (C=O) groups is 1.